The molecule has 0 aliphatic heterocycles. The van der Waals surface area contributed by atoms with Gasteiger partial charge >= 0.3 is 6.09 Å². The molecule has 0 spiro atoms. The van der Waals surface area contributed by atoms with Gasteiger partial charge in [0.25, 0.3) is 0 Å². The van der Waals surface area contributed by atoms with Gasteiger partial charge in [-0.2, -0.15) is 0 Å². The number of hydrogen-bond donors (Lipinski definition) is 1. The highest BCUT2D eigenvalue weighted by Crippen LogP contribution is 2.34. The normalized spacial score (nSPS) is 12.1. The summed E-state index contributed by atoms with van der Waals surface area (Å²) in [6, 6.07) is 13.9. The van der Waals surface area contributed by atoms with Crippen molar-refractivity contribution in [3.63, 3.8) is 0 Å². The monoisotopic (exact) mass is 482 g/mol. The fraction of sp³-hybridized carbons (Fsp3) is 0.517. The predicted octanol–water partition coefficient (Wildman–Crippen LogP) is 7.04. The van der Waals surface area contributed by atoms with Crippen molar-refractivity contribution in [3.05, 3.63) is 59.2 Å². The van der Waals surface area contributed by atoms with Crippen LogP contribution in [0.15, 0.2) is 42.5 Å². The number of nitrogens with one attached hydrogen (secondary N) is 1. The van der Waals surface area contributed by atoms with Gasteiger partial charge in [-0.05, 0) is 91.0 Å². The molecule has 2 aromatic carbocycles. The average Bonchev–Trinajstić information content (AvgIpc) is 2.78. The molecule has 0 radical (unpaired) electrons. The van der Waals surface area contributed by atoms with E-state index in [1.807, 2.05) is 71.9 Å². The largest absolute Gasteiger partial charge is 0.493 e. The number of benzene rings is 2. The van der Waals surface area contributed by atoms with Crippen LogP contribution < -0.4 is 10.1 Å². The molecule has 0 aliphatic rings. The Balaban J connectivity index is 2.33. The molecule has 0 aliphatic carbocycles. The maximum Gasteiger partial charge on any atom is 0.410 e. The molecule has 2 aromatic rings. The highest BCUT2D eigenvalue weighted by molar-refractivity contribution is 6.02. The topological polar surface area (TPSA) is 67.9 Å². The minimum atomic E-state index is -0.594. The molecule has 6 nitrogen and oxygen atoms in total. The van der Waals surface area contributed by atoms with Crippen LogP contribution in [-0.4, -0.2) is 42.1 Å². The van der Waals surface area contributed by atoms with Crippen molar-refractivity contribution in [1.82, 2.24) is 4.90 Å². The number of ketones is 1. The van der Waals surface area contributed by atoms with Crippen molar-refractivity contribution < 1.29 is 19.1 Å². The first kappa shape index (κ1) is 28.2. The Morgan fingerprint density at radius 3 is 2.31 bits per heavy atom. The second kappa shape index (κ2) is 13.2. The van der Waals surface area contributed by atoms with Crippen molar-refractivity contribution in [2.45, 2.75) is 79.4 Å². The van der Waals surface area contributed by atoms with E-state index in [0.717, 1.165) is 30.5 Å². The van der Waals surface area contributed by atoms with Crippen LogP contribution in [0.1, 0.15) is 88.8 Å². The Labute approximate surface area is 211 Å². The van der Waals surface area contributed by atoms with E-state index in [1.54, 1.807) is 11.8 Å². The highest BCUT2D eigenvalue weighted by atomic mass is 16.6. The van der Waals surface area contributed by atoms with Crippen molar-refractivity contribution >= 4 is 17.6 Å². The summed E-state index contributed by atoms with van der Waals surface area (Å²) in [5.41, 5.74) is 2.85. The van der Waals surface area contributed by atoms with E-state index < -0.39 is 5.60 Å². The molecule has 1 N–H and O–H groups in total. The summed E-state index contributed by atoms with van der Waals surface area (Å²) >= 11 is 0. The molecule has 0 saturated heterocycles. The van der Waals surface area contributed by atoms with Crippen LogP contribution in [0, 0.1) is 0 Å². The van der Waals surface area contributed by atoms with Crippen LogP contribution in [0.5, 0.6) is 5.75 Å². The lowest BCUT2D eigenvalue weighted by Gasteiger charge is -2.32. The minimum absolute atomic E-state index is 0.0616. The number of nitrogens with zero attached hydrogens (tertiary/aromatic N) is 1. The first-order valence-electron chi connectivity index (χ1n) is 12.7. The zero-order valence-corrected chi connectivity index (χ0v) is 22.4. The van der Waals surface area contributed by atoms with Crippen LogP contribution in [0.3, 0.4) is 0 Å². The molecule has 1 unspecified atom stereocenters. The number of ether oxygens (including phenoxy) is 2. The number of amides is 1. The summed E-state index contributed by atoms with van der Waals surface area (Å²) in [5, 5.41) is 3.29. The molecule has 1 amide bonds. The molecule has 6 heteroatoms. The summed E-state index contributed by atoms with van der Waals surface area (Å²) in [5.74, 6) is 0.474. The van der Waals surface area contributed by atoms with Crippen LogP contribution in [-0.2, 0) is 11.2 Å². The molecule has 0 saturated carbocycles. The molecule has 0 fully saturated rings. The van der Waals surface area contributed by atoms with E-state index in [1.165, 1.54) is 5.56 Å². The zero-order valence-electron chi connectivity index (χ0n) is 22.4. The molecule has 0 aromatic heterocycles. The molecular formula is C29H42N2O4. The number of carbonyl (C=O) groups is 2. The van der Waals surface area contributed by atoms with Gasteiger partial charge in [-0.25, -0.2) is 4.79 Å². The first-order valence-corrected chi connectivity index (χ1v) is 12.7. The number of anilines is 1. The Morgan fingerprint density at radius 2 is 1.74 bits per heavy atom. The summed E-state index contributed by atoms with van der Waals surface area (Å²) in [6.45, 7) is 14.7. The quantitative estimate of drug-likeness (QED) is 0.259. The van der Waals surface area contributed by atoms with E-state index in [2.05, 4.69) is 17.4 Å². The molecular weight excluding hydrogens is 440 g/mol. The smallest absolute Gasteiger partial charge is 0.410 e. The Kier molecular flexibility index (Phi) is 10.6. The number of rotatable bonds is 12. The average molecular weight is 483 g/mol. The fourth-order valence-corrected chi connectivity index (χ4v) is 4.04. The van der Waals surface area contributed by atoms with E-state index >= 15 is 0 Å². The van der Waals surface area contributed by atoms with Crippen LogP contribution >= 0.6 is 0 Å². The van der Waals surface area contributed by atoms with E-state index in [-0.39, 0.29) is 17.9 Å². The highest BCUT2D eigenvalue weighted by Gasteiger charge is 2.28. The fourth-order valence-electron chi connectivity index (χ4n) is 4.04. The van der Waals surface area contributed by atoms with Crippen molar-refractivity contribution in [2.24, 2.45) is 0 Å². The lowest BCUT2D eigenvalue weighted by atomic mass is 9.99. The number of aryl methyl sites for hydroxylation is 1. The Hall–Kier alpha value is -3.02. The number of carbonyl (C=O) groups excluding carboxylic acids is 2. The maximum atomic E-state index is 13.2. The minimum Gasteiger partial charge on any atom is -0.493 e. The lowest BCUT2D eigenvalue weighted by molar-refractivity contribution is 0.0169. The second-order valence-corrected chi connectivity index (χ2v) is 9.75. The SMILES string of the molecule is CCNc1cc(C(C)N(CCCCc2ccccc2)C(=O)OC(C)(C)C)cc(OCC)c1C(C)=O. The van der Waals surface area contributed by atoms with Crippen LogP contribution in [0.25, 0.3) is 0 Å². The first-order chi connectivity index (χ1) is 16.6. The molecule has 35 heavy (non-hydrogen) atoms. The van der Waals surface area contributed by atoms with Gasteiger partial charge in [0.05, 0.1) is 18.2 Å². The predicted molar refractivity (Wildman–Crippen MR) is 143 cm³/mol. The summed E-state index contributed by atoms with van der Waals surface area (Å²) < 4.78 is 11.6. The summed E-state index contributed by atoms with van der Waals surface area (Å²) in [6.07, 6.45) is 2.43. The summed E-state index contributed by atoms with van der Waals surface area (Å²) in [4.78, 5) is 27.4. The van der Waals surface area contributed by atoms with Crippen LogP contribution in [0.2, 0.25) is 0 Å². The second-order valence-electron chi connectivity index (χ2n) is 9.75. The Morgan fingerprint density at radius 1 is 1.06 bits per heavy atom. The third-order valence-corrected chi connectivity index (χ3v) is 5.68. The summed E-state index contributed by atoms with van der Waals surface area (Å²) in [7, 11) is 0. The molecule has 0 bridgehead atoms. The van der Waals surface area contributed by atoms with Gasteiger partial charge < -0.3 is 19.7 Å². The van der Waals surface area contributed by atoms with Crippen molar-refractivity contribution in [2.75, 3.05) is 25.0 Å². The van der Waals surface area contributed by atoms with Gasteiger partial charge in [-0.3, -0.25) is 4.79 Å². The standard InChI is InChI=1S/C29H42N2O4/c1-8-30-25-19-24(20-26(34-9-2)27(25)22(4)32)21(3)31(28(33)35-29(5,6)7)18-14-13-17-23-15-11-10-12-16-23/h10-12,15-16,19-21,30H,8-9,13-14,17-18H2,1-7H3. The van der Waals surface area contributed by atoms with Gasteiger partial charge in [0.15, 0.2) is 5.78 Å². The maximum absolute atomic E-state index is 13.2. The van der Waals surface area contributed by atoms with E-state index in [4.69, 9.17) is 9.47 Å². The van der Waals surface area contributed by atoms with E-state index in [9.17, 15) is 9.59 Å². The number of unbranched alkanes of at least 4 members (excludes halogenated alkanes) is 1. The molecule has 2 rings (SSSR count). The third-order valence-electron chi connectivity index (χ3n) is 5.68. The van der Waals surface area contributed by atoms with Crippen molar-refractivity contribution in [1.29, 1.82) is 0 Å². The third kappa shape index (κ3) is 8.61. The number of hydrogen-bond acceptors (Lipinski definition) is 5. The van der Waals surface area contributed by atoms with Crippen molar-refractivity contribution in [3.8, 4) is 5.75 Å². The van der Waals surface area contributed by atoms with Gasteiger partial charge in [-0.15, -0.1) is 0 Å². The molecule has 192 valence electrons. The number of Topliss-reactive ketones (excluding diaryl/α,β-unsaturated/α-hetero) is 1. The van der Waals surface area contributed by atoms with Gasteiger partial charge in [-0.1, -0.05) is 30.3 Å². The van der Waals surface area contributed by atoms with E-state index in [0.29, 0.717) is 31.0 Å². The van der Waals surface area contributed by atoms with Gasteiger partial charge in [0.1, 0.15) is 11.4 Å². The van der Waals surface area contributed by atoms with Gasteiger partial charge in [0.2, 0.25) is 0 Å². The lowest BCUT2D eigenvalue weighted by Crippen LogP contribution is -2.39. The van der Waals surface area contributed by atoms with Gasteiger partial charge in [0, 0.05) is 18.8 Å². The van der Waals surface area contributed by atoms with Crippen LogP contribution in [0.4, 0.5) is 10.5 Å². The molecule has 0 heterocycles. The molecule has 1 atom stereocenters. The Bertz CT molecular complexity index is 939. The zero-order chi connectivity index (χ0) is 26.0.